The molecule has 0 radical (unpaired) electrons. The molecule has 0 aromatic heterocycles. The Balaban J connectivity index is 1.40. The number of ether oxygens (including phenoxy) is 2. The molecule has 1 N–H and O–H groups in total. The van der Waals surface area contributed by atoms with Gasteiger partial charge in [-0.15, -0.1) is 0 Å². The number of nitrogens with one attached hydrogen (secondary N) is 1. The number of benzene rings is 3. The van der Waals surface area contributed by atoms with E-state index in [0.717, 1.165) is 53.3 Å². The minimum Gasteiger partial charge on any atom is -0.457 e. The average Bonchev–Trinajstić information content (AvgIpc) is 3.61. The molecule has 4 nitrogen and oxygen atoms in total. The molecule has 2 heterocycles. The fraction of sp³-hybridized carbons (Fsp3) is 0.345. The third-order valence-corrected chi connectivity index (χ3v) is 6.52. The summed E-state index contributed by atoms with van der Waals surface area (Å²) >= 11 is 0. The molecule has 1 unspecified atom stereocenters. The molecule has 170 valence electrons. The second kappa shape index (κ2) is 8.68. The van der Waals surface area contributed by atoms with Crippen molar-refractivity contribution < 1.29 is 14.3 Å². The maximum atomic E-state index is 13.4. The molecule has 3 aromatic carbocycles. The maximum absolute atomic E-state index is 13.4. The van der Waals surface area contributed by atoms with Crippen LogP contribution in [0.25, 0.3) is 0 Å². The number of epoxide rings is 1. The van der Waals surface area contributed by atoms with Gasteiger partial charge in [0.15, 0.2) is 0 Å². The highest BCUT2D eigenvalue weighted by Crippen LogP contribution is 2.45. The van der Waals surface area contributed by atoms with Crippen LogP contribution in [0.4, 0.5) is 5.69 Å². The summed E-state index contributed by atoms with van der Waals surface area (Å²) in [5.74, 6) is 1.63. The van der Waals surface area contributed by atoms with Crippen molar-refractivity contribution in [3.8, 4) is 11.5 Å². The Kier molecular flexibility index (Phi) is 5.71. The van der Waals surface area contributed by atoms with Crippen LogP contribution in [-0.2, 0) is 21.4 Å². The molecule has 1 fully saturated rings. The summed E-state index contributed by atoms with van der Waals surface area (Å²) in [5.41, 5.74) is 5.33. The lowest BCUT2D eigenvalue weighted by Gasteiger charge is -2.28. The quantitative estimate of drug-likeness (QED) is 0.440. The number of aryl methyl sites for hydroxylation is 1. The van der Waals surface area contributed by atoms with Gasteiger partial charge >= 0.3 is 0 Å². The van der Waals surface area contributed by atoms with Gasteiger partial charge in [0, 0.05) is 29.2 Å². The monoisotopic (exact) mass is 441 g/mol. The highest BCUT2D eigenvalue weighted by Gasteiger charge is 2.29. The summed E-state index contributed by atoms with van der Waals surface area (Å²) in [6.45, 7) is 7.42. The maximum Gasteiger partial charge on any atom is 0.225 e. The smallest absolute Gasteiger partial charge is 0.225 e. The summed E-state index contributed by atoms with van der Waals surface area (Å²) in [6, 6.07) is 22.5. The first-order chi connectivity index (χ1) is 15.9. The summed E-state index contributed by atoms with van der Waals surface area (Å²) in [7, 11) is 0. The van der Waals surface area contributed by atoms with E-state index >= 15 is 0 Å². The molecular weight excluding hydrogens is 410 g/mol. The Bertz CT molecular complexity index is 1130. The van der Waals surface area contributed by atoms with Crippen molar-refractivity contribution in [1.82, 2.24) is 0 Å². The predicted octanol–water partition coefficient (Wildman–Crippen LogP) is 6.58. The number of para-hydroxylation sites is 2. The zero-order valence-corrected chi connectivity index (χ0v) is 19.6. The Labute approximate surface area is 195 Å². The topological polar surface area (TPSA) is 50.9 Å². The molecule has 4 heteroatoms. The van der Waals surface area contributed by atoms with Gasteiger partial charge in [0.05, 0.1) is 12.7 Å². The Morgan fingerprint density at radius 2 is 1.61 bits per heavy atom. The van der Waals surface area contributed by atoms with Crippen molar-refractivity contribution in [2.45, 2.75) is 57.5 Å². The fourth-order valence-electron chi connectivity index (χ4n) is 4.68. The van der Waals surface area contributed by atoms with Gasteiger partial charge in [0.1, 0.15) is 11.5 Å². The number of carbonyl (C=O) groups excluding carboxylic acids is 1. The molecule has 0 bridgehead atoms. The van der Waals surface area contributed by atoms with Gasteiger partial charge in [0.25, 0.3) is 0 Å². The Hall–Kier alpha value is -3.11. The zero-order chi connectivity index (χ0) is 23.0. The molecule has 33 heavy (non-hydrogen) atoms. The van der Waals surface area contributed by atoms with Crippen LogP contribution in [-0.4, -0.2) is 18.6 Å². The lowest BCUT2D eigenvalue weighted by molar-refractivity contribution is -0.116. The number of hydrogen-bond donors (Lipinski definition) is 1. The van der Waals surface area contributed by atoms with E-state index in [-0.39, 0.29) is 17.2 Å². The first kappa shape index (κ1) is 21.7. The molecule has 1 atom stereocenters. The van der Waals surface area contributed by atoms with E-state index in [4.69, 9.17) is 9.47 Å². The van der Waals surface area contributed by atoms with E-state index in [1.807, 2.05) is 36.4 Å². The molecule has 3 aromatic rings. The zero-order valence-electron chi connectivity index (χ0n) is 19.6. The minimum atomic E-state index is -0.0708. The summed E-state index contributed by atoms with van der Waals surface area (Å²) < 4.78 is 11.5. The van der Waals surface area contributed by atoms with Crippen molar-refractivity contribution in [1.29, 1.82) is 0 Å². The Morgan fingerprint density at radius 3 is 2.21 bits per heavy atom. The fourth-order valence-corrected chi connectivity index (χ4v) is 4.68. The molecule has 1 saturated heterocycles. The first-order valence-corrected chi connectivity index (χ1v) is 11.8. The lowest BCUT2D eigenvalue weighted by Crippen LogP contribution is -2.22. The van der Waals surface area contributed by atoms with Crippen LogP contribution in [0.2, 0.25) is 0 Å². The highest BCUT2D eigenvalue weighted by molar-refractivity contribution is 5.93. The average molecular weight is 442 g/mol. The van der Waals surface area contributed by atoms with E-state index in [9.17, 15) is 4.79 Å². The van der Waals surface area contributed by atoms with Crippen LogP contribution in [0.1, 0.15) is 61.8 Å². The van der Waals surface area contributed by atoms with Crippen molar-refractivity contribution in [3.63, 3.8) is 0 Å². The minimum absolute atomic E-state index is 0.0136. The van der Waals surface area contributed by atoms with Crippen molar-refractivity contribution in [2.75, 3.05) is 11.9 Å². The van der Waals surface area contributed by atoms with E-state index in [0.29, 0.717) is 12.5 Å². The van der Waals surface area contributed by atoms with Crippen LogP contribution in [0.15, 0.2) is 66.7 Å². The van der Waals surface area contributed by atoms with Crippen LogP contribution in [0.3, 0.4) is 0 Å². The molecule has 5 rings (SSSR count). The van der Waals surface area contributed by atoms with Crippen LogP contribution in [0, 0.1) is 0 Å². The highest BCUT2D eigenvalue weighted by atomic mass is 16.6. The third-order valence-electron chi connectivity index (χ3n) is 6.52. The van der Waals surface area contributed by atoms with Crippen LogP contribution >= 0.6 is 0 Å². The lowest BCUT2D eigenvalue weighted by atomic mass is 9.84. The molecule has 0 aliphatic carbocycles. The van der Waals surface area contributed by atoms with E-state index < -0.39 is 0 Å². The molecule has 2 aliphatic heterocycles. The van der Waals surface area contributed by atoms with Gasteiger partial charge in [-0.25, -0.2) is 0 Å². The van der Waals surface area contributed by atoms with Gasteiger partial charge in [-0.2, -0.15) is 0 Å². The predicted molar refractivity (Wildman–Crippen MR) is 131 cm³/mol. The molecule has 0 spiro atoms. The first-order valence-electron chi connectivity index (χ1n) is 11.8. The molecule has 0 saturated carbocycles. The van der Waals surface area contributed by atoms with Gasteiger partial charge in [-0.1, -0.05) is 69.3 Å². The summed E-state index contributed by atoms with van der Waals surface area (Å²) in [4.78, 5) is 13.4. The molecule has 1 amide bonds. The number of amides is 1. The van der Waals surface area contributed by atoms with Crippen LogP contribution in [0.5, 0.6) is 11.5 Å². The third kappa shape index (κ3) is 4.81. The number of rotatable bonds is 6. The van der Waals surface area contributed by atoms with E-state index in [1.165, 1.54) is 5.56 Å². The molecule has 2 aliphatic rings. The number of hydrogen-bond acceptors (Lipinski definition) is 3. The van der Waals surface area contributed by atoms with E-state index in [2.05, 4.69) is 56.4 Å². The summed E-state index contributed by atoms with van der Waals surface area (Å²) in [6.07, 6.45) is 2.75. The van der Waals surface area contributed by atoms with Crippen molar-refractivity contribution in [2.24, 2.45) is 0 Å². The number of carbonyl (C=O) groups is 1. The van der Waals surface area contributed by atoms with E-state index in [1.54, 1.807) is 0 Å². The normalized spacial score (nSPS) is 17.0. The van der Waals surface area contributed by atoms with Crippen molar-refractivity contribution in [3.05, 3.63) is 89.0 Å². The van der Waals surface area contributed by atoms with Gasteiger partial charge < -0.3 is 14.8 Å². The van der Waals surface area contributed by atoms with Crippen LogP contribution < -0.4 is 10.1 Å². The number of anilines is 1. The number of fused-ring (bicyclic) bond motifs is 2. The second-order valence-corrected chi connectivity index (χ2v) is 10.1. The Morgan fingerprint density at radius 1 is 0.970 bits per heavy atom. The summed E-state index contributed by atoms with van der Waals surface area (Å²) in [5, 5.41) is 3.26. The van der Waals surface area contributed by atoms with Gasteiger partial charge in [0.2, 0.25) is 5.91 Å². The van der Waals surface area contributed by atoms with Gasteiger partial charge in [-0.05, 0) is 47.6 Å². The second-order valence-electron chi connectivity index (χ2n) is 10.1. The van der Waals surface area contributed by atoms with Crippen molar-refractivity contribution >= 4 is 11.6 Å². The largest absolute Gasteiger partial charge is 0.457 e. The molecular formula is C29H31NO3. The standard InChI is InChI=1S/C29H31NO3/c1-29(2,3)24-15-13-19(12-14-20-18-32-20)16-25(24)30-28(31)17-23-21-8-4-6-10-26(21)33-27-11-7-5-9-22(23)27/h4-11,13,15-16,20,23H,12,14,17-18H2,1-3H3,(H,30,31). The SMILES string of the molecule is CC(C)(C)c1ccc(CCC2CO2)cc1NC(=O)CC1c2ccccc2Oc2ccccc21. The van der Waals surface area contributed by atoms with Gasteiger partial charge in [-0.3, -0.25) is 4.79 Å².